The molecule has 2 saturated heterocycles. The molecule has 4 N–H and O–H groups in total. The summed E-state index contributed by atoms with van der Waals surface area (Å²) >= 11 is 0. The minimum absolute atomic E-state index is 0.434. The van der Waals surface area contributed by atoms with Crippen LogP contribution < -0.4 is 20.9 Å². The number of piperidine rings is 1. The maximum absolute atomic E-state index is 12.3. The second-order valence-electron chi connectivity index (χ2n) is 8.28. The first-order chi connectivity index (χ1) is 15.7. The lowest BCUT2D eigenvalue weighted by Gasteiger charge is -2.30. The maximum atomic E-state index is 12.3. The van der Waals surface area contributed by atoms with Crippen LogP contribution in [0.25, 0.3) is 22.4 Å². The summed E-state index contributed by atoms with van der Waals surface area (Å²) in [5.41, 5.74) is 9.94. The Hall–Kier alpha value is -3.46. The van der Waals surface area contributed by atoms with E-state index in [2.05, 4.69) is 30.1 Å². The van der Waals surface area contributed by atoms with Crippen LogP contribution in [0.3, 0.4) is 0 Å². The number of aromatic amines is 1. The van der Waals surface area contributed by atoms with Gasteiger partial charge in [-0.15, -0.1) is 0 Å². The van der Waals surface area contributed by atoms with E-state index in [1.807, 2.05) is 30.7 Å². The SMILES string of the molecule is NC(=O)c1cc(-c2ccnc(N3CCCCC3)c2-c2cncnc2)[nH]c1N1CCNCC1. The molecule has 0 radical (unpaired) electrons. The Morgan fingerprint density at radius 2 is 1.75 bits per heavy atom. The third-order valence-electron chi connectivity index (χ3n) is 6.22. The van der Waals surface area contributed by atoms with Gasteiger partial charge in [0.1, 0.15) is 18.0 Å². The molecule has 0 bridgehead atoms. The van der Waals surface area contributed by atoms with Gasteiger partial charge in [-0.3, -0.25) is 4.79 Å². The Kier molecular flexibility index (Phi) is 5.72. The first-order valence-electron chi connectivity index (χ1n) is 11.2. The number of hydrogen-bond acceptors (Lipinski definition) is 7. The Balaban J connectivity index is 1.65. The number of nitrogens with two attached hydrogens (primary N) is 1. The summed E-state index contributed by atoms with van der Waals surface area (Å²) in [7, 11) is 0. The van der Waals surface area contributed by atoms with Gasteiger partial charge in [0.15, 0.2) is 0 Å². The van der Waals surface area contributed by atoms with Gasteiger partial charge in [-0.05, 0) is 31.4 Å². The van der Waals surface area contributed by atoms with Crippen LogP contribution in [0.1, 0.15) is 29.6 Å². The number of nitrogens with one attached hydrogen (secondary N) is 2. The zero-order valence-electron chi connectivity index (χ0n) is 18.0. The van der Waals surface area contributed by atoms with Gasteiger partial charge >= 0.3 is 0 Å². The Morgan fingerprint density at radius 3 is 2.47 bits per heavy atom. The van der Waals surface area contributed by atoms with E-state index in [1.54, 1.807) is 0 Å². The fourth-order valence-electron chi connectivity index (χ4n) is 4.65. The average molecular weight is 433 g/mol. The first-order valence-corrected chi connectivity index (χ1v) is 11.2. The van der Waals surface area contributed by atoms with Crippen molar-refractivity contribution in [1.29, 1.82) is 0 Å². The van der Waals surface area contributed by atoms with Crippen LogP contribution in [0.2, 0.25) is 0 Å². The predicted molar refractivity (Wildman–Crippen MR) is 125 cm³/mol. The second kappa shape index (κ2) is 8.96. The summed E-state index contributed by atoms with van der Waals surface area (Å²) in [5, 5.41) is 3.35. The molecule has 0 aromatic carbocycles. The molecule has 166 valence electrons. The third kappa shape index (κ3) is 3.91. The molecule has 0 atom stereocenters. The maximum Gasteiger partial charge on any atom is 0.252 e. The quantitative estimate of drug-likeness (QED) is 0.565. The molecule has 5 heterocycles. The number of rotatable bonds is 5. The standard InChI is InChI=1S/C23H28N8O/c24-21(32)18-12-19(29-22(18)31-10-6-25-7-11-31)17-4-5-28-23(30-8-2-1-3-9-30)20(17)16-13-26-15-27-14-16/h4-5,12-15,25,29H,1-3,6-11H2,(H2,24,32). The van der Waals surface area contributed by atoms with Crippen molar-refractivity contribution in [2.75, 3.05) is 49.1 Å². The van der Waals surface area contributed by atoms with E-state index in [9.17, 15) is 4.79 Å². The zero-order valence-corrected chi connectivity index (χ0v) is 18.0. The third-order valence-corrected chi connectivity index (χ3v) is 6.22. The van der Waals surface area contributed by atoms with Gasteiger partial charge in [0.05, 0.1) is 5.56 Å². The van der Waals surface area contributed by atoms with Crippen molar-refractivity contribution in [3.05, 3.63) is 42.6 Å². The number of aromatic nitrogens is 4. The Labute approximate surface area is 187 Å². The molecule has 2 aliphatic heterocycles. The number of H-pyrrole nitrogens is 1. The molecule has 9 heteroatoms. The van der Waals surface area contributed by atoms with Gasteiger partial charge in [0, 0.05) is 80.2 Å². The van der Waals surface area contributed by atoms with Crippen molar-refractivity contribution < 1.29 is 4.79 Å². The van der Waals surface area contributed by atoms with Crippen LogP contribution in [0.15, 0.2) is 37.1 Å². The lowest BCUT2D eigenvalue weighted by Crippen LogP contribution is -2.44. The van der Waals surface area contributed by atoms with E-state index < -0.39 is 5.91 Å². The number of carbonyl (C=O) groups excluding carboxylic acids is 1. The first kappa shape index (κ1) is 20.4. The fraction of sp³-hybridized carbons (Fsp3) is 0.391. The highest BCUT2D eigenvalue weighted by atomic mass is 16.1. The molecule has 1 amide bonds. The van der Waals surface area contributed by atoms with Gasteiger partial charge < -0.3 is 25.8 Å². The summed E-state index contributed by atoms with van der Waals surface area (Å²) in [6.07, 6.45) is 10.5. The highest BCUT2D eigenvalue weighted by Gasteiger charge is 2.25. The number of carbonyl (C=O) groups is 1. The molecule has 3 aromatic rings. The van der Waals surface area contributed by atoms with Crippen LogP contribution in [-0.2, 0) is 0 Å². The summed E-state index contributed by atoms with van der Waals surface area (Å²) < 4.78 is 0. The molecule has 3 aromatic heterocycles. The number of hydrogen-bond donors (Lipinski definition) is 3. The second-order valence-corrected chi connectivity index (χ2v) is 8.28. The molecule has 32 heavy (non-hydrogen) atoms. The summed E-state index contributed by atoms with van der Waals surface area (Å²) in [4.78, 5) is 33.6. The van der Waals surface area contributed by atoms with Crippen molar-refractivity contribution in [3.8, 4) is 22.4 Å². The zero-order chi connectivity index (χ0) is 21.9. The van der Waals surface area contributed by atoms with Gasteiger partial charge in [-0.25, -0.2) is 15.0 Å². The molecule has 9 nitrogen and oxygen atoms in total. The van der Waals surface area contributed by atoms with Gasteiger partial charge in [-0.1, -0.05) is 0 Å². The molecule has 0 unspecified atom stereocenters. The average Bonchev–Trinajstić information content (AvgIpc) is 3.31. The summed E-state index contributed by atoms with van der Waals surface area (Å²) in [6.45, 7) is 5.31. The van der Waals surface area contributed by atoms with Crippen molar-refractivity contribution in [2.24, 2.45) is 5.73 Å². The molecule has 2 fully saturated rings. The predicted octanol–water partition coefficient (Wildman–Crippen LogP) is 2.03. The molecule has 0 spiro atoms. The molecule has 0 aliphatic carbocycles. The minimum Gasteiger partial charge on any atom is -0.365 e. The van der Waals surface area contributed by atoms with Crippen LogP contribution in [0.4, 0.5) is 11.6 Å². The van der Waals surface area contributed by atoms with E-state index >= 15 is 0 Å². The highest BCUT2D eigenvalue weighted by molar-refractivity contribution is 6.01. The minimum atomic E-state index is -0.434. The van der Waals surface area contributed by atoms with Crippen LogP contribution in [-0.4, -0.2) is 65.1 Å². The number of anilines is 2. The number of nitrogens with zero attached hydrogens (tertiary/aromatic N) is 5. The number of pyridine rings is 1. The van der Waals surface area contributed by atoms with E-state index in [1.165, 1.54) is 12.7 Å². The Morgan fingerprint density at radius 1 is 1.00 bits per heavy atom. The fourth-order valence-corrected chi connectivity index (χ4v) is 4.65. The normalized spacial score (nSPS) is 16.9. The van der Waals surface area contributed by atoms with Gasteiger partial charge in [-0.2, -0.15) is 0 Å². The Bertz CT molecular complexity index is 1080. The van der Waals surface area contributed by atoms with Crippen molar-refractivity contribution in [1.82, 2.24) is 25.3 Å². The van der Waals surface area contributed by atoms with Crippen LogP contribution in [0, 0.1) is 0 Å². The van der Waals surface area contributed by atoms with Crippen molar-refractivity contribution in [3.63, 3.8) is 0 Å². The number of primary amides is 1. The summed E-state index contributed by atoms with van der Waals surface area (Å²) in [6, 6.07) is 3.84. The molecule has 2 aliphatic rings. The van der Waals surface area contributed by atoms with Crippen LogP contribution >= 0.6 is 0 Å². The topological polar surface area (TPSA) is 116 Å². The smallest absolute Gasteiger partial charge is 0.252 e. The molecular formula is C23H28N8O. The van der Waals surface area contributed by atoms with Gasteiger partial charge in [0.2, 0.25) is 0 Å². The highest BCUT2D eigenvalue weighted by Crippen LogP contribution is 2.39. The van der Waals surface area contributed by atoms with Gasteiger partial charge in [0.25, 0.3) is 5.91 Å². The molecular weight excluding hydrogens is 404 g/mol. The lowest BCUT2D eigenvalue weighted by atomic mass is 9.99. The summed E-state index contributed by atoms with van der Waals surface area (Å²) in [5.74, 6) is 1.27. The van der Waals surface area contributed by atoms with E-state index in [-0.39, 0.29) is 0 Å². The largest absolute Gasteiger partial charge is 0.365 e. The van der Waals surface area contributed by atoms with Crippen molar-refractivity contribution in [2.45, 2.75) is 19.3 Å². The molecule has 0 saturated carbocycles. The lowest BCUT2D eigenvalue weighted by molar-refractivity contribution is 0.100. The monoisotopic (exact) mass is 432 g/mol. The van der Waals surface area contributed by atoms with Crippen LogP contribution in [0.5, 0.6) is 0 Å². The van der Waals surface area contributed by atoms with E-state index in [0.29, 0.717) is 5.56 Å². The molecule has 5 rings (SSSR count). The number of amides is 1. The number of piperazine rings is 1. The van der Waals surface area contributed by atoms with Crippen molar-refractivity contribution >= 4 is 17.5 Å². The van der Waals surface area contributed by atoms with E-state index in [0.717, 1.165) is 86.1 Å². The van der Waals surface area contributed by atoms with E-state index in [4.69, 9.17) is 10.7 Å².